The predicted octanol–water partition coefficient (Wildman–Crippen LogP) is 0.592. The minimum absolute atomic E-state index is 0.238. The largest absolute Gasteiger partial charge is 0.358 e. The van der Waals surface area contributed by atoms with Gasteiger partial charge in [-0.05, 0) is 17.9 Å². The first-order valence-electron chi connectivity index (χ1n) is 2.95. The van der Waals surface area contributed by atoms with Crippen molar-refractivity contribution in [3.8, 4) is 0 Å². The fourth-order valence-corrected chi connectivity index (χ4v) is 0.726. The van der Waals surface area contributed by atoms with E-state index >= 15 is 0 Å². The molecule has 0 aliphatic heterocycles. The average Bonchev–Trinajstić information content (AvgIpc) is 1.94. The highest BCUT2D eigenvalue weighted by Crippen LogP contribution is 2.08. The maximum Gasteiger partial charge on any atom is 0.331 e. The Morgan fingerprint density at radius 3 is 2.64 bits per heavy atom. The Labute approximate surface area is 61.8 Å². The predicted molar refractivity (Wildman–Crippen MR) is 38.5 cm³/mol. The lowest BCUT2D eigenvalue weighted by Crippen LogP contribution is -2.07. The Kier molecular flexibility index (Phi) is 1.72. The molecule has 58 valence electrons. The van der Waals surface area contributed by atoms with Crippen LogP contribution in [0, 0.1) is 17.0 Å². The molecular formula is C6H6N2O3. The average molecular weight is 154 g/mol. The molecule has 1 rings (SSSR count). The molecule has 0 fully saturated rings. The van der Waals surface area contributed by atoms with Crippen molar-refractivity contribution in [2.45, 2.75) is 6.92 Å². The van der Waals surface area contributed by atoms with E-state index in [1.54, 1.807) is 6.92 Å². The lowest BCUT2D eigenvalue weighted by atomic mass is 10.3. The normalized spacial score (nSPS) is 9.55. The number of aromatic nitrogens is 1. The van der Waals surface area contributed by atoms with E-state index in [-0.39, 0.29) is 5.82 Å². The standard InChI is InChI=1S/C6H6N2O3/c1-4-2-3-5(9)7-6(4)8(10)11/h2-3H,1H3,(H,7,9). The lowest BCUT2D eigenvalue weighted by Gasteiger charge is -1.95. The number of hydrogen-bond acceptors (Lipinski definition) is 3. The Hall–Kier alpha value is -1.65. The van der Waals surface area contributed by atoms with E-state index in [1.165, 1.54) is 12.1 Å². The summed E-state index contributed by atoms with van der Waals surface area (Å²) in [5.74, 6) is -0.238. The summed E-state index contributed by atoms with van der Waals surface area (Å²) < 4.78 is 0. The van der Waals surface area contributed by atoms with Gasteiger partial charge in [-0.1, -0.05) is 0 Å². The fourth-order valence-electron chi connectivity index (χ4n) is 0.726. The molecule has 5 nitrogen and oxygen atoms in total. The first-order valence-corrected chi connectivity index (χ1v) is 2.95. The summed E-state index contributed by atoms with van der Waals surface area (Å²) >= 11 is 0. The maximum atomic E-state index is 10.6. The third-order valence-electron chi connectivity index (χ3n) is 1.28. The Morgan fingerprint density at radius 2 is 2.18 bits per heavy atom. The van der Waals surface area contributed by atoms with Crippen molar-refractivity contribution in [3.05, 3.63) is 38.2 Å². The van der Waals surface area contributed by atoms with Crippen LogP contribution in [0.15, 0.2) is 16.9 Å². The van der Waals surface area contributed by atoms with Crippen LogP contribution in [0.25, 0.3) is 0 Å². The lowest BCUT2D eigenvalue weighted by molar-refractivity contribution is -0.390. The van der Waals surface area contributed by atoms with Gasteiger partial charge < -0.3 is 10.1 Å². The highest BCUT2D eigenvalue weighted by Gasteiger charge is 2.07. The maximum absolute atomic E-state index is 10.6. The number of nitro groups is 1. The Balaban J connectivity index is 3.35. The molecule has 5 heteroatoms. The number of nitrogens with zero attached hydrogens (tertiary/aromatic N) is 1. The molecule has 0 aromatic carbocycles. The Bertz CT molecular complexity index is 342. The van der Waals surface area contributed by atoms with E-state index in [0.29, 0.717) is 5.56 Å². The van der Waals surface area contributed by atoms with E-state index < -0.39 is 10.5 Å². The number of nitrogens with one attached hydrogen (secondary N) is 1. The van der Waals surface area contributed by atoms with Crippen molar-refractivity contribution in [2.24, 2.45) is 0 Å². The van der Waals surface area contributed by atoms with E-state index in [0.717, 1.165) is 0 Å². The molecule has 1 aromatic heterocycles. The molecule has 0 saturated carbocycles. The first-order chi connectivity index (χ1) is 5.11. The van der Waals surface area contributed by atoms with Crippen molar-refractivity contribution in [1.29, 1.82) is 0 Å². The fraction of sp³-hybridized carbons (Fsp3) is 0.167. The number of H-pyrrole nitrogens is 1. The van der Waals surface area contributed by atoms with Crippen molar-refractivity contribution >= 4 is 5.82 Å². The van der Waals surface area contributed by atoms with Crippen molar-refractivity contribution in [1.82, 2.24) is 4.98 Å². The van der Waals surface area contributed by atoms with Gasteiger partial charge in [-0.2, -0.15) is 0 Å². The van der Waals surface area contributed by atoms with Gasteiger partial charge in [-0.15, -0.1) is 0 Å². The van der Waals surface area contributed by atoms with Gasteiger partial charge in [-0.25, -0.2) is 9.78 Å². The van der Waals surface area contributed by atoms with Gasteiger partial charge in [0.15, 0.2) is 0 Å². The Morgan fingerprint density at radius 1 is 1.55 bits per heavy atom. The molecule has 0 aliphatic carbocycles. The van der Waals surface area contributed by atoms with Crippen LogP contribution in [-0.4, -0.2) is 9.91 Å². The third kappa shape index (κ3) is 1.43. The van der Waals surface area contributed by atoms with Gasteiger partial charge in [0.1, 0.15) is 0 Å². The number of aryl methyl sites for hydroxylation is 1. The summed E-state index contributed by atoms with van der Waals surface area (Å²) in [6.45, 7) is 1.56. The zero-order valence-electron chi connectivity index (χ0n) is 5.83. The van der Waals surface area contributed by atoms with Gasteiger partial charge in [0.25, 0.3) is 0 Å². The zero-order chi connectivity index (χ0) is 8.43. The number of hydrogen-bond donors (Lipinski definition) is 1. The van der Waals surface area contributed by atoms with Gasteiger partial charge in [0.05, 0.1) is 0 Å². The van der Waals surface area contributed by atoms with Gasteiger partial charge in [0.2, 0.25) is 0 Å². The van der Waals surface area contributed by atoms with Crippen LogP contribution >= 0.6 is 0 Å². The molecule has 11 heavy (non-hydrogen) atoms. The van der Waals surface area contributed by atoms with Crippen molar-refractivity contribution in [2.75, 3.05) is 0 Å². The van der Waals surface area contributed by atoms with Crippen LogP contribution in [0.4, 0.5) is 5.82 Å². The van der Waals surface area contributed by atoms with Crippen LogP contribution in [0.1, 0.15) is 5.56 Å². The van der Waals surface area contributed by atoms with Gasteiger partial charge in [-0.3, -0.25) is 0 Å². The van der Waals surface area contributed by atoms with Crippen LogP contribution in [-0.2, 0) is 0 Å². The SMILES string of the molecule is Cc1ccc(=O)[nH]c1[N+](=O)[O-]. The number of rotatable bonds is 1. The summed E-state index contributed by atoms with van der Waals surface area (Å²) in [6.07, 6.45) is 0. The molecule has 0 unspecified atom stereocenters. The molecule has 0 saturated heterocycles. The quantitative estimate of drug-likeness (QED) is 0.475. The van der Waals surface area contributed by atoms with E-state index in [9.17, 15) is 14.9 Å². The number of aromatic amines is 1. The smallest absolute Gasteiger partial charge is 0.331 e. The minimum atomic E-state index is -0.614. The first kappa shape index (κ1) is 7.46. The monoisotopic (exact) mass is 154 g/mol. The molecule has 0 amide bonds. The second-order valence-electron chi connectivity index (χ2n) is 2.11. The van der Waals surface area contributed by atoms with Crippen molar-refractivity contribution in [3.63, 3.8) is 0 Å². The van der Waals surface area contributed by atoms with E-state index in [4.69, 9.17) is 0 Å². The highest BCUT2D eigenvalue weighted by molar-refractivity contribution is 5.29. The molecular weight excluding hydrogens is 148 g/mol. The third-order valence-corrected chi connectivity index (χ3v) is 1.28. The molecule has 1 N–H and O–H groups in total. The molecule has 0 atom stereocenters. The van der Waals surface area contributed by atoms with Crippen LogP contribution in [0.5, 0.6) is 0 Å². The minimum Gasteiger partial charge on any atom is -0.358 e. The summed E-state index contributed by atoms with van der Waals surface area (Å²) in [5.41, 5.74) is -0.00287. The van der Waals surface area contributed by atoms with Crippen LogP contribution in [0.3, 0.4) is 0 Å². The second-order valence-corrected chi connectivity index (χ2v) is 2.11. The van der Waals surface area contributed by atoms with Gasteiger partial charge in [0, 0.05) is 11.6 Å². The van der Waals surface area contributed by atoms with Crippen molar-refractivity contribution < 1.29 is 4.92 Å². The van der Waals surface area contributed by atoms with E-state index in [2.05, 4.69) is 4.98 Å². The van der Waals surface area contributed by atoms with Crippen LogP contribution < -0.4 is 5.56 Å². The zero-order valence-corrected chi connectivity index (χ0v) is 5.83. The molecule has 0 aliphatic rings. The molecule has 0 radical (unpaired) electrons. The summed E-state index contributed by atoms with van der Waals surface area (Å²) in [6, 6.07) is 2.67. The summed E-state index contributed by atoms with van der Waals surface area (Å²) in [5, 5.41) is 10.2. The highest BCUT2D eigenvalue weighted by atomic mass is 16.6. The summed E-state index contributed by atoms with van der Waals surface area (Å²) in [7, 11) is 0. The molecule has 0 bridgehead atoms. The topological polar surface area (TPSA) is 76.0 Å². The molecule has 1 heterocycles. The van der Waals surface area contributed by atoms with Crippen LogP contribution in [0.2, 0.25) is 0 Å². The molecule has 0 spiro atoms. The number of pyridine rings is 1. The van der Waals surface area contributed by atoms with E-state index in [1.807, 2.05) is 0 Å². The second kappa shape index (κ2) is 2.53. The summed E-state index contributed by atoms with van der Waals surface area (Å²) in [4.78, 5) is 22.3. The van der Waals surface area contributed by atoms with Gasteiger partial charge >= 0.3 is 11.4 Å². The molecule has 1 aromatic rings.